The molecule has 1 aromatic heterocycles. The van der Waals surface area contributed by atoms with Crippen molar-refractivity contribution in [3.05, 3.63) is 53.2 Å². The molecule has 8 nitrogen and oxygen atoms in total. The van der Waals surface area contributed by atoms with Crippen molar-refractivity contribution in [2.24, 2.45) is 5.92 Å². The third-order valence-corrected chi connectivity index (χ3v) is 7.13. The van der Waals surface area contributed by atoms with Gasteiger partial charge in [-0.1, -0.05) is 34.1 Å². The largest absolute Gasteiger partial charge is 0.467 e. The molecule has 2 aliphatic carbocycles. The SMILES string of the molecule is COC(=O)C1(OC)CC(/C=[N+]2/NC(C(F)F)C=C2c2nc(C3(c4ccccc4C)CC3)no2)C1. The van der Waals surface area contributed by atoms with Gasteiger partial charge in [0.1, 0.15) is 0 Å². The molecule has 0 spiro atoms. The summed E-state index contributed by atoms with van der Waals surface area (Å²) in [7, 11) is 2.77. The van der Waals surface area contributed by atoms with Crippen LogP contribution in [0.5, 0.6) is 0 Å². The summed E-state index contributed by atoms with van der Waals surface area (Å²) in [4.78, 5) is 16.7. The van der Waals surface area contributed by atoms with E-state index in [-0.39, 0.29) is 17.2 Å². The molecule has 0 saturated heterocycles. The number of rotatable bonds is 7. The number of hydrazine groups is 1. The summed E-state index contributed by atoms with van der Waals surface area (Å²) < 4.78 is 44.4. The second-order valence-corrected chi connectivity index (χ2v) is 9.24. The summed E-state index contributed by atoms with van der Waals surface area (Å²) >= 11 is 0. The van der Waals surface area contributed by atoms with E-state index in [9.17, 15) is 13.6 Å². The number of aryl methyl sites for hydroxylation is 1. The van der Waals surface area contributed by atoms with E-state index in [1.165, 1.54) is 25.0 Å². The smallest absolute Gasteiger partial charge is 0.338 e. The number of esters is 1. The van der Waals surface area contributed by atoms with Crippen molar-refractivity contribution in [3.63, 3.8) is 0 Å². The number of benzene rings is 1. The highest BCUT2D eigenvalue weighted by molar-refractivity contribution is 5.83. The highest BCUT2D eigenvalue weighted by Gasteiger charge is 2.54. The standard InChI is InChI=1S/C24H27F2N4O4/c1-14-6-4-5-7-16(14)23(8-9-23)21-27-20(34-29-21)18-10-17(19(25)26)28-30(18)13-15-11-24(12-15,33-3)22(31)32-2/h4-7,10,13,15,17,19,28H,8-9,11-12H2,1-3H3/q+1/b30-13+. The second kappa shape index (κ2) is 8.26. The number of alkyl halides is 2. The number of aromatic nitrogens is 2. The van der Waals surface area contributed by atoms with Crippen LogP contribution in [0.25, 0.3) is 5.70 Å². The molecule has 3 aliphatic rings. The lowest BCUT2D eigenvalue weighted by Crippen LogP contribution is -2.54. The Kier molecular flexibility index (Phi) is 5.50. The minimum Gasteiger partial charge on any atom is -0.467 e. The molecule has 1 atom stereocenters. The van der Waals surface area contributed by atoms with Crippen molar-refractivity contribution in [1.29, 1.82) is 0 Å². The molecule has 1 unspecified atom stereocenters. The maximum Gasteiger partial charge on any atom is 0.338 e. The molecule has 0 radical (unpaired) electrons. The molecule has 2 fully saturated rings. The van der Waals surface area contributed by atoms with E-state index >= 15 is 0 Å². The second-order valence-electron chi connectivity index (χ2n) is 9.24. The van der Waals surface area contributed by atoms with Gasteiger partial charge in [-0.25, -0.2) is 13.6 Å². The van der Waals surface area contributed by atoms with E-state index in [1.807, 2.05) is 12.1 Å². The Labute approximate surface area is 195 Å². The predicted octanol–water partition coefficient (Wildman–Crippen LogP) is 3.00. The summed E-state index contributed by atoms with van der Waals surface area (Å²) in [5.41, 5.74) is 4.15. The normalized spacial score (nSPS) is 28.4. The van der Waals surface area contributed by atoms with E-state index in [4.69, 9.17) is 14.0 Å². The van der Waals surface area contributed by atoms with Gasteiger partial charge in [-0.3, -0.25) is 0 Å². The van der Waals surface area contributed by atoms with Gasteiger partial charge in [0, 0.05) is 19.1 Å². The molecular weight excluding hydrogens is 446 g/mol. The quantitative estimate of drug-likeness (QED) is 0.489. The Bertz CT molecular complexity index is 1170. The van der Waals surface area contributed by atoms with E-state index in [0.29, 0.717) is 24.4 Å². The molecular formula is C24H27F2N4O4+. The summed E-state index contributed by atoms with van der Waals surface area (Å²) in [6, 6.07) is 6.91. The van der Waals surface area contributed by atoms with Crippen LogP contribution in [0, 0.1) is 12.8 Å². The molecule has 2 aromatic rings. The number of carbonyl (C=O) groups excluding carboxylic acids is 1. The monoisotopic (exact) mass is 473 g/mol. The van der Waals surface area contributed by atoms with Crippen molar-refractivity contribution in [3.8, 4) is 0 Å². The molecule has 0 amide bonds. The first-order valence-electron chi connectivity index (χ1n) is 11.3. The number of nitrogens with one attached hydrogen (secondary N) is 1. The number of nitrogens with zero attached hydrogens (tertiary/aromatic N) is 3. The van der Waals surface area contributed by atoms with Crippen LogP contribution in [0.1, 0.15) is 48.5 Å². The van der Waals surface area contributed by atoms with Crippen molar-refractivity contribution in [1.82, 2.24) is 15.6 Å². The first kappa shape index (κ1) is 22.6. The van der Waals surface area contributed by atoms with E-state index in [1.54, 1.807) is 6.21 Å². The summed E-state index contributed by atoms with van der Waals surface area (Å²) in [5.74, 6) is 0.205. The van der Waals surface area contributed by atoms with Crippen molar-refractivity contribution >= 4 is 17.9 Å². The summed E-state index contributed by atoms with van der Waals surface area (Å²) in [6.45, 7) is 2.05. The van der Waals surface area contributed by atoms with Gasteiger partial charge in [0.2, 0.25) is 0 Å². The van der Waals surface area contributed by atoms with Crippen LogP contribution < -0.4 is 5.43 Å². The zero-order chi connectivity index (χ0) is 24.1. The number of halogens is 2. The first-order valence-corrected chi connectivity index (χ1v) is 11.3. The molecule has 10 heteroatoms. The molecule has 2 saturated carbocycles. The lowest BCUT2D eigenvalue weighted by atomic mass is 9.71. The molecule has 5 rings (SSSR count). The fourth-order valence-corrected chi connectivity index (χ4v) is 5.02. The first-order chi connectivity index (χ1) is 16.3. The molecule has 2 heterocycles. The lowest BCUT2D eigenvalue weighted by Gasteiger charge is -2.41. The fourth-order valence-electron chi connectivity index (χ4n) is 5.02. The fraction of sp³-hybridized carbons (Fsp3) is 0.500. The van der Waals surface area contributed by atoms with Gasteiger partial charge in [0.05, 0.1) is 12.5 Å². The highest BCUT2D eigenvalue weighted by atomic mass is 19.3. The summed E-state index contributed by atoms with van der Waals surface area (Å²) in [5, 5.41) is 4.24. The number of carbonyl (C=O) groups is 1. The van der Waals surface area contributed by atoms with Gasteiger partial charge in [0.15, 0.2) is 23.7 Å². The number of hydrazone groups is 1. The lowest BCUT2D eigenvalue weighted by molar-refractivity contribution is -0.496. The van der Waals surface area contributed by atoms with Crippen LogP contribution in [0.3, 0.4) is 0 Å². The maximum atomic E-state index is 13.5. The molecule has 180 valence electrons. The Morgan fingerprint density at radius 2 is 2.03 bits per heavy atom. The number of hydrogen-bond acceptors (Lipinski definition) is 7. The molecule has 1 aromatic carbocycles. The van der Waals surface area contributed by atoms with Crippen LogP contribution in [-0.4, -0.2) is 59.3 Å². The van der Waals surface area contributed by atoms with Crippen LogP contribution in [0.2, 0.25) is 0 Å². The van der Waals surface area contributed by atoms with E-state index in [2.05, 4.69) is 34.6 Å². The third-order valence-electron chi connectivity index (χ3n) is 7.13. The zero-order valence-electron chi connectivity index (χ0n) is 19.3. The number of hydrogen-bond donors (Lipinski definition) is 1. The van der Waals surface area contributed by atoms with Gasteiger partial charge in [-0.05, 0) is 43.7 Å². The van der Waals surface area contributed by atoms with Gasteiger partial charge in [0.25, 0.3) is 12.1 Å². The average molecular weight is 474 g/mol. The number of ether oxygens (including phenoxy) is 2. The van der Waals surface area contributed by atoms with Gasteiger partial charge in [-0.2, -0.15) is 10.4 Å². The number of methoxy groups -OCH3 is 2. The van der Waals surface area contributed by atoms with Gasteiger partial charge < -0.3 is 14.0 Å². The Morgan fingerprint density at radius 1 is 1.29 bits per heavy atom. The van der Waals surface area contributed by atoms with Crippen LogP contribution in [0.15, 0.2) is 34.9 Å². The van der Waals surface area contributed by atoms with Crippen molar-refractivity contribution in [2.45, 2.75) is 56.1 Å². The average Bonchev–Trinajstić information content (AvgIpc) is 3.25. The van der Waals surface area contributed by atoms with Gasteiger partial charge >= 0.3 is 11.9 Å². The minimum atomic E-state index is -2.62. The zero-order valence-corrected chi connectivity index (χ0v) is 19.3. The maximum absolute atomic E-state index is 13.5. The molecule has 1 aliphatic heterocycles. The van der Waals surface area contributed by atoms with Crippen molar-refractivity contribution in [2.75, 3.05) is 14.2 Å². The van der Waals surface area contributed by atoms with Crippen LogP contribution >= 0.6 is 0 Å². The van der Waals surface area contributed by atoms with Crippen LogP contribution in [0.4, 0.5) is 8.78 Å². The molecule has 34 heavy (non-hydrogen) atoms. The third kappa shape index (κ3) is 3.60. The predicted molar refractivity (Wildman–Crippen MR) is 117 cm³/mol. The van der Waals surface area contributed by atoms with E-state index < -0.39 is 24.0 Å². The Hall–Kier alpha value is -3.14. The minimum absolute atomic E-state index is 0.0875. The van der Waals surface area contributed by atoms with Gasteiger partial charge in [-0.15, -0.1) is 0 Å². The van der Waals surface area contributed by atoms with Crippen molar-refractivity contribution < 1.29 is 32.3 Å². The Morgan fingerprint density at radius 3 is 2.65 bits per heavy atom. The molecule has 1 N–H and O–H groups in total. The topological polar surface area (TPSA) is 89.5 Å². The summed E-state index contributed by atoms with van der Waals surface area (Å²) in [6.07, 6.45) is 3.10. The van der Waals surface area contributed by atoms with Crippen LogP contribution in [-0.2, 0) is 19.7 Å². The Balaban J connectivity index is 1.42. The highest BCUT2D eigenvalue weighted by Crippen LogP contribution is 2.53. The molecule has 0 bridgehead atoms. The van der Waals surface area contributed by atoms with E-state index in [0.717, 1.165) is 24.0 Å².